The third-order valence-corrected chi connectivity index (χ3v) is 3.22. The molecule has 6 nitrogen and oxygen atoms in total. The van der Waals surface area contributed by atoms with Crippen LogP contribution in [0, 0.1) is 0 Å². The van der Waals surface area contributed by atoms with Crippen molar-refractivity contribution < 1.29 is 24.9 Å². The number of aliphatic hydroxyl groups is 1. The molecule has 0 rings (SSSR count). The maximum absolute atomic E-state index is 9.85. The van der Waals surface area contributed by atoms with E-state index in [9.17, 15) is 9.59 Å². The van der Waals surface area contributed by atoms with Crippen LogP contribution in [0.2, 0.25) is 0 Å². The van der Waals surface area contributed by atoms with Gasteiger partial charge in [0, 0.05) is 6.61 Å². The standard InChI is InChI=1S/C12H26O.C4H7NO4/c1-2-3-4-5-6-7-8-9-10-11-12-13;5-2(4(8)9)1-3(6)7/h13H,2-12H2,1H3;2H,1,5H2,(H,6,7)(H,8,9)/t;2-/m.0/s1. The van der Waals surface area contributed by atoms with Gasteiger partial charge in [-0.3, -0.25) is 9.59 Å². The Balaban J connectivity index is 0. The van der Waals surface area contributed by atoms with Crippen LogP contribution in [0.25, 0.3) is 0 Å². The number of unbranched alkanes of at least 4 members (excludes halogenated alkanes) is 9. The summed E-state index contributed by atoms with van der Waals surface area (Å²) in [5, 5.41) is 24.6. The molecule has 0 amide bonds. The van der Waals surface area contributed by atoms with E-state index in [0.29, 0.717) is 6.61 Å². The van der Waals surface area contributed by atoms with Crippen LogP contribution in [0.4, 0.5) is 0 Å². The first-order valence-corrected chi connectivity index (χ1v) is 8.26. The Kier molecular flexibility index (Phi) is 18.8. The maximum Gasteiger partial charge on any atom is 0.321 e. The Morgan fingerprint density at radius 2 is 1.27 bits per heavy atom. The quantitative estimate of drug-likeness (QED) is 0.387. The Hall–Kier alpha value is -1.14. The molecule has 0 radical (unpaired) electrons. The molecule has 0 aliphatic carbocycles. The van der Waals surface area contributed by atoms with Gasteiger partial charge in [0.2, 0.25) is 0 Å². The minimum Gasteiger partial charge on any atom is -0.481 e. The maximum atomic E-state index is 9.85. The van der Waals surface area contributed by atoms with Crippen molar-refractivity contribution in [3.8, 4) is 0 Å². The molecule has 0 fully saturated rings. The molecule has 0 bridgehead atoms. The predicted octanol–water partition coefficient (Wildman–Crippen LogP) is 2.77. The third-order valence-electron chi connectivity index (χ3n) is 3.22. The Morgan fingerprint density at radius 3 is 1.55 bits per heavy atom. The monoisotopic (exact) mass is 319 g/mol. The molecular weight excluding hydrogens is 286 g/mol. The van der Waals surface area contributed by atoms with Crippen LogP contribution in [0.1, 0.15) is 77.6 Å². The fraction of sp³-hybridized carbons (Fsp3) is 0.875. The number of nitrogens with two attached hydrogens (primary N) is 1. The molecule has 0 aliphatic heterocycles. The van der Waals surface area contributed by atoms with E-state index >= 15 is 0 Å². The van der Waals surface area contributed by atoms with Gasteiger partial charge in [-0.25, -0.2) is 0 Å². The number of carboxylic acids is 2. The lowest BCUT2D eigenvalue weighted by atomic mass is 10.1. The van der Waals surface area contributed by atoms with Crippen LogP contribution in [0.3, 0.4) is 0 Å². The Labute approximate surface area is 133 Å². The fourth-order valence-electron chi connectivity index (χ4n) is 1.87. The van der Waals surface area contributed by atoms with E-state index < -0.39 is 24.4 Å². The van der Waals surface area contributed by atoms with Gasteiger partial charge in [-0.05, 0) is 6.42 Å². The average Bonchev–Trinajstić information content (AvgIpc) is 2.45. The summed E-state index contributed by atoms with van der Waals surface area (Å²) in [4.78, 5) is 19.6. The Bertz CT molecular complexity index is 261. The zero-order valence-electron chi connectivity index (χ0n) is 13.8. The number of carbonyl (C=O) groups is 2. The molecule has 0 heterocycles. The molecule has 0 saturated heterocycles. The number of hydrogen-bond acceptors (Lipinski definition) is 4. The van der Waals surface area contributed by atoms with Crippen molar-refractivity contribution >= 4 is 11.9 Å². The summed E-state index contributed by atoms with van der Waals surface area (Å²) in [5.41, 5.74) is 4.84. The minimum absolute atomic E-state index is 0.372. The molecule has 132 valence electrons. The number of hydrogen-bond donors (Lipinski definition) is 4. The highest BCUT2D eigenvalue weighted by Gasteiger charge is 2.14. The van der Waals surface area contributed by atoms with E-state index in [2.05, 4.69) is 6.92 Å². The summed E-state index contributed by atoms with van der Waals surface area (Å²) in [7, 11) is 0. The zero-order chi connectivity index (χ0) is 17.2. The summed E-state index contributed by atoms with van der Waals surface area (Å²) in [6.45, 7) is 2.63. The van der Waals surface area contributed by atoms with E-state index in [-0.39, 0.29) is 0 Å². The van der Waals surface area contributed by atoms with Crippen molar-refractivity contribution in [2.45, 2.75) is 83.6 Å². The minimum atomic E-state index is -1.29. The summed E-state index contributed by atoms with van der Waals surface area (Å²) >= 11 is 0. The molecule has 0 unspecified atom stereocenters. The molecule has 1 atom stereocenters. The molecule has 0 spiro atoms. The van der Waals surface area contributed by atoms with Crippen LogP contribution in [-0.2, 0) is 9.59 Å². The molecular formula is C16H33NO5. The first kappa shape index (κ1) is 23.1. The van der Waals surface area contributed by atoms with Crippen LogP contribution >= 0.6 is 0 Å². The van der Waals surface area contributed by atoms with Gasteiger partial charge in [0.25, 0.3) is 0 Å². The molecule has 0 aromatic heterocycles. The van der Waals surface area contributed by atoms with Gasteiger partial charge < -0.3 is 21.1 Å². The highest BCUT2D eigenvalue weighted by Crippen LogP contribution is 2.09. The van der Waals surface area contributed by atoms with Crippen molar-refractivity contribution in [2.75, 3.05) is 6.61 Å². The molecule has 0 aromatic carbocycles. The molecule has 0 aromatic rings. The van der Waals surface area contributed by atoms with Crippen molar-refractivity contribution in [3.63, 3.8) is 0 Å². The summed E-state index contributed by atoms with van der Waals surface area (Å²) < 4.78 is 0. The van der Waals surface area contributed by atoms with E-state index in [4.69, 9.17) is 21.1 Å². The lowest BCUT2D eigenvalue weighted by Gasteiger charge is -2.00. The normalized spacial score (nSPS) is 11.4. The van der Waals surface area contributed by atoms with E-state index in [1.165, 1.54) is 57.8 Å². The molecule has 5 N–H and O–H groups in total. The second-order valence-corrected chi connectivity index (χ2v) is 5.45. The largest absolute Gasteiger partial charge is 0.481 e. The van der Waals surface area contributed by atoms with Crippen molar-refractivity contribution in [1.29, 1.82) is 0 Å². The second kappa shape index (κ2) is 17.9. The van der Waals surface area contributed by atoms with Crippen LogP contribution in [-0.4, -0.2) is 39.9 Å². The first-order valence-electron chi connectivity index (χ1n) is 8.26. The van der Waals surface area contributed by atoms with Crippen molar-refractivity contribution in [2.24, 2.45) is 5.73 Å². The van der Waals surface area contributed by atoms with Crippen LogP contribution in [0.5, 0.6) is 0 Å². The smallest absolute Gasteiger partial charge is 0.321 e. The lowest BCUT2D eigenvalue weighted by Crippen LogP contribution is -2.32. The number of aliphatic hydroxyl groups excluding tert-OH is 1. The molecule has 0 aliphatic rings. The molecule has 22 heavy (non-hydrogen) atoms. The summed E-state index contributed by atoms with van der Waals surface area (Å²) in [6.07, 6.45) is 12.8. The summed E-state index contributed by atoms with van der Waals surface area (Å²) in [6, 6.07) is -1.29. The fourth-order valence-corrected chi connectivity index (χ4v) is 1.87. The number of aliphatic carboxylic acids is 2. The topological polar surface area (TPSA) is 121 Å². The second-order valence-electron chi connectivity index (χ2n) is 5.45. The van der Waals surface area contributed by atoms with E-state index in [1.54, 1.807) is 0 Å². The van der Waals surface area contributed by atoms with Gasteiger partial charge in [0.1, 0.15) is 6.04 Å². The highest BCUT2D eigenvalue weighted by atomic mass is 16.4. The van der Waals surface area contributed by atoms with Gasteiger partial charge in [-0.15, -0.1) is 0 Å². The molecule has 0 saturated carbocycles. The van der Waals surface area contributed by atoms with Crippen LogP contribution < -0.4 is 5.73 Å². The SMILES string of the molecule is CCCCCCCCCCCCO.N[C@@H](CC(=O)O)C(=O)O. The average molecular weight is 319 g/mol. The Morgan fingerprint density at radius 1 is 0.864 bits per heavy atom. The lowest BCUT2D eigenvalue weighted by molar-refractivity contribution is -0.144. The first-order chi connectivity index (χ1) is 10.5. The van der Waals surface area contributed by atoms with E-state index in [1.807, 2.05) is 0 Å². The van der Waals surface area contributed by atoms with Gasteiger partial charge in [-0.2, -0.15) is 0 Å². The van der Waals surface area contributed by atoms with Crippen molar-refractivity contribution in [3.05, 3.63) is 0 Å². The van der Waals surface area contributed by atoms with E-state index in [0.717, 1.165) is 6.42 Å². The predicted molar refractivity (Wildman–Crippen MR) is 86.8 cm³/mol. The van der Waals surface area contributed by atoms with Gasteiger partial charge in [0.15, 0.2) is 0 Å². The molecule has 6 heteroatoms. The van der Waals surface area contributed by atoms with Gasteiger partial charge in [0.05, 0.1) is 6.42 Å². The number of carboxylic acid groups (broad SMARTS) is 2. The summed E-state index contributed by atoms with van der Waals surface area (Å²) in [5.74, 6) is -2.50. The third kappa shape index (κ3) is 21.2. The van der Waals surface area contributed by atoms with Gasteiger partial charge >= 0.3 is 11.9 Å². The number of rotatable bonds is 13. The van der Waals surface area contributed by atoms with Gasteiger partial charge in [-0.1, -0.05) is 64.7 Å². The van der Waals surface area contributed by atoms with Crippen LogP contribution in [0.15, 0.2) is 0 Å². The van der Waals surface area contributed by atoms with Crippen molar-refractivity contribution in [1.82, 2.24) is 0 Å². The zero-order valence-corrected chi connectivity index (χ0v) is 13.8. The highest BCUT2D eigenvalue weighted by molar-refractivity contribution is 5.80.